The van der Waals surface area contributed by atoms with Crippen LogP contribution in [0.2, 0.25) is 0 Å². The second-order valence-electron chi connectivity index (χ2n) is 4.97. The Kier molecular flexibility index (Phi) is 6.26. The molecule has 0 bridgehead atoms. The third kappa shape index (κ3) is 4.12. The van der Waals surface area contributed by atoms with E-state index in [1.54, 1.807) is 0 Å². The molecule has 1 aliphatic rings. The monoisotopic (exact) mass is 212 g/mol. The van der Waals surface area contributed by atoms with E-state index in [0.29, 0.717) is 12.0 Å². The van der Waals surface area contributed by atoms with Crippen molar-refractivity contribution >= 4 is 0 Å². The van der Waals surface area contributed by atoms with E-state index in [9.17, 15) is 0 Å². The van der Waals surface area contributed by atoms with Gasteiger partial charge in [0.15, 0.2) is 0 Å². The van der Waals surface area contributed by atoms with Crippen LogP contribution in [-0.2, 0) is 0 Å². The summed E-state index contributed by atoms with van der Waals surface area (Å²) in [6.07, 6.45) is 8.00. The molecule has 3 N–H and O–H groups in total. The highest BCUT2D eigenvalue weighted by Crippen LogP contribution is 2.24. The van der Waals surface area contributed by atoms with Crippen molar-refractivity contribution in [3.63, 3.8) is 0 Å². The van der Waals surface area contributed by atoms with Crippen LogP contribution in [0.1, 0.15) is 52.4 Å². The van der Waals surface area contributed by atoms with Gasteiger partial charge in [0, 0.05) is 6.04 Å². The minimum absolute atomic E-state index is 0.698. The van der Waals surface area contributed by atoms with Crippen LogP contribution in [0.4, 0.5) is 0 Å². The first kappa shape index (κ1) is 13.0. The molecule has 2 heteroatoms. The Labute approximate surface area is 95.0 Å². The third-order valence-electron chi connectivity index (χ3n) is 4.01. The summed E-state index contributed by atoms with van der Waals surface area (Å²) < 4.78 is 0. The van der Waals surface area contributed by atoms with Crippen molar-refractivity contribution < 1.29 is 0 Å². The molecule has 1 fully saturated rings. The van der Waals surface area contributed by atoms with Gasteiger partial charge in [0.2, 0.25) is 0 Å². The summed E-state index contributed by atoms with van der Waals surface area (Å²) in [5, 5.41) is 3.64. The first-order chi connectivity index (χ1) is 7.31. The highest BCUT2D eigenvalue weighted by molar-refractivity contribution is 4.81. The molecule has 90 valence electrons. The highest BCUT2D eigenvalue weighted by atomic mass is 14.9. The van der Waals surface area contributed by atoms with Crippen LogP contribution in [0.25, 0.3) is 0 Å². The zero-order chi connectivity index (χ0) is 11.1. The summed E-state index contributed by atoms with van der Waals surface area (Å²) in [6, 6.07) is 0.698. The van der Waals surface area contributed by atoms with Gasteiger partial charge in [0.05, 0.1) is 0 Å². The van der Waals surface area contributed by atoms with Gasteiger partial charge in [-0.3, -0.25) is 0 Å². The lowest BCUT2D eigenvalue weighted by Crippen LogP contribution is -2.43. The van der Waals surface area contributed by atoms with Gasteiger partial charge >= 0.3 is 0 Å². The van der Waals surface area contributed by atoms with Crippen molar-refractivity contribution in [1.29, 1.82) is 0 Å². The van der Waals surface area contributed by atoms with Crippen LogP contribution >= 0.6 is 0 Å². The summed E-state index contributed by atoms with van der Waals surface area (Å²) in [4.78, 5) is 0. The van der Waals surface area contributed by atoms with Gasteiger partial charge in [0.25, 0.3) is 0 Å². The fraction of sp³-hybridized carbons (Fsp3) is 1.00. The molecule has 1 heterocycles. The van der Waals surface area contributed by atoms with Gasteiger partial charge in [-0.25, -0.2) is 0 Å². The predicted molar refractivity (Wildman–Crippen MR) is 66.9 cm³/mol. The van der Waals surface area contributed by atoms with Crippen LogP contribution in [0.15, 0.2) is 0 Å². The summed E-state index contributed by atoms with van der Waals surface area (Å²) >= 11 is 0. The second kappa shape index (κ2) is 7.24. The van der Waals surface area contributed by atoms with Crippen LogP contribution in [0.5, 0.6) is 0 Å². The fourth-order valence-corrected chi connectivity index (χ4v) is 2.76. The molecule has 0 saturated carbocycles. The SMILES string of the molecule is CCC(CC)C[C@H](CN)[C@H]1CCCCN1. The number of piperidine rings is 1. The van der Waals surface area contributed by atoms with Crippen molar-refractivity contribution in [2.45, 2.75) is 58.4 Å². The van der Waals surface area contributed by atoms with Crippen molar-refractivity contribution in [2.24, 2.45) is 17.6 Å². The maximum atomic E-state index is 5.92. The Morgan fingerprint density at radius 1 is 1.27 bits per heavy atom. The molecule has 0 radical (unpaired) electrons. The molecule has 15 heavy (non-hydrogen) atoms. The van der Waals surface area contributed by atoms with Gasteiger partial charge < -0.3 is 11.1 Å². The topological polar surface area (TPSA) is 38.0 Å². The lowest BCUT2D eigenvalue weighted by atomic mass is 9.83. The molecule has 0 aromatic heterocycles. The Hall–Kier alpha value is -0.0800. The maximum Gasteiger partial charge on any atom is 0.0107 e. The van der Waals surface area contributed by atoms with Crippen molar-refractivity contribution in [3.05, 3.63) is 0 Å². The number of nitrogens with two attached hydrogens (primary N) is 1. The molecule has 0 spiro atoms. The normalized spacial score (nSPS) is 24.4. The molecule has 0 aliphatic carbocycles. The van der Waals surface area contributed by atoms with E-state index in [1.165, 1.54) is 45.1 Å². The van der Waals surface area contributed by atoms with Gasteiger partial charge in [-0.1, -0.05) is 33.1 Å². The Bertz CT molecular complexity index is 149. The van der Waals surface area contributed by atoms with Gasteiger partial charge in [-0.2, -0.15) is 0 Å². The molecule has 0 aromatic rings. The largest absolute Gasteiger partial charge is 0.330 e. The smallest absolute Gasteiger partial charge is 0.0107 e. The lowest BCUT2D eigenvalue weighted by Gasteiger charge is -2.32. The number of rotatable bonds is 6. The van der Waals surface area contributed by atoms with Gasteiger partial charge in [0.1, 0.15) is 0 Å². The van der Waals surface area contributed by atoms with Crippen LogP contribution in [0, 0.1) is 11.8 Å². The third-order valence-corrected chi connectivity index (χ3v) is 4.01. The van der Waals surface area contributed by atoms with E-state index < -0.39 is 0 Å². The van der Waals surface area contributed by atoms with E-state index in [-0.39, 0.29) is 0 Å². The van der Waals surface area contributed by atoms with Crippen LogP contribution in [0.3, 0.4) is 0 Å². The first-order valence-corrected chi connectivity index (χ1v) is 6.75. The quantitative estimate of drug-likeness (QED) is 0.710. The Balaban J connectivity index is 2.38. The molecule has 1 saturated heterocycles. The van der Waals surface area contributed by atoms with Gasteiger partial charge in [-0.15, -0.1) is 0 Å². The molecule has 0 amide bonds. The van der Waals surface area contributed by atoms with Crippen molar-refractivity contribution in [3.8, 4) is 0 Å². The zero-order valence-electron chi connectivity index (χ0n) is 10.5. The molecule has 2 atom stereocenters. The van der Waals surface area contributed by atoms with E-state index in [2.05, 4.69) is 19.2 Å². The molecule has 1 rings (SSSR count). The van der Waals surface area contributed by atoms with Crippen LogP contribution in [-0.4, -0.2) is 19.1 Å². The first-order valence-electron chi connectivity index (χ1n) is 6.75. The van der Waals surface area contributed by atoms with E-state index in [4.69, 9.17) is 5.73 Å². The maximum absolute atomic E-state index is 5.92. The number of hydrogen-bond acceptors (Lipinski definition) is 2. The average molecular weight is 212 g/mol. The van der Waals surface area contributed by atoms with Crippen molar-refractivity contribution in [2.75, 3.05) is 13.1 Å². The Morgan fingerprint density at radius 2 is 2.00 bits per heavy atom. The standard InChI is InChI=1S/C13H28N2/c1-3-11(4-2)9-12(10-14)13-7-5-6-8-15-13/h11-13,15H,3-10,14H2,1-2H3/t12-,13-/m1/s1. The average Bonchev–Trinajstić information content (AvgIpc) is 2.32. The van der Waals surface area contributed by atoms with Crippen LogP contribution < -0.4 is 11.1 Å². The second-order valence-corrected chi connectivity index (χ2v) is 4.97. The molecule has 0 unspecified atom stereocenters. The highest BCUT2D eigenvalue weighted by Gasteiger charge is 2.23. The van der Waals surface area contributed by atoms with E-state index in [1.807, 2.05) is 0 Å². The van der Waals surface area contributed by atoms with Crippen molar-refractivity contribution in [1.82, 2.24) is 5.32 Å². The minimum Gasteiger partial charge on any atom is -0.330 e. The summed E-state index contributed by atoms with van der Waals surface area (Å²) in [5.74, 6) is 1.58. The molecular formula is C13H28N2. The zero-order valence-corrected chi connectivity index (χ0v) is 10.5. The van der Waals surface area contributed by atoms with E-state index >= 15 is 0 Å². The summed E-state index contributed by atoms with van der Waals surface area (Å²) in [7, 11) is 0. The predicted octanol–water partition coefficient (Wildman–Crippen LogP) is 2.53. The van der Waals surface area contributed by atoms with Gasteiger partial charge in [-0.05, 0) is 44.2 Å². The molecule has 1 aliphatic heterocycles. The Morgan fingerprint density at radius 3 is 2.47 bits per heavy atom. The minimum atomic E-state index is 0.698. The molecular weight excluding hydrogens is 184 g/mol. The summed E-state index contributed by atoms with van der Waals surface area (Å²) in [6.45, 7) is 6.66. The summed E-state index contributed by atoms with van der Waals surface area (Å²) in [5.41, 5.74) is 5.92. The fourth-order valence-electron chi connectivity index (χ4n) is 2.76. The molecule has 2 nitrogen and oxygen atoms in total. The molecule has 0 aromatic carbocycles. The number of hydrogen-bond donors (Lipinski definition) is 2. The lowest BCUT2D eigenvalue weighted by molar-refractivity contribution is 0.248. The number of nitrogens with one attached hydrogen (secondary N) is 1. The van der Waals surface area contributed by atoms with E-state index in [0.717, 1.165) is 12.5 Å².